The van der Waals surface area contributed by atoms with Gasteiger partial charge in [-0.05, 0) is 51.3 Å². The van der Waals surface area contributed by atoms with Crippen molar-refractivity contribution in [1.29, 1.82) is 0 Å². The zero-order chi connectivity index (χ0) is 11.2. The molecule has 0 N–H and O–H groups in total. The molecule has 4 aromatic rings. The quantitative estimate of drug-likeness (QED) is 0.406. The Morgan fingerprint density at radius 3 is 2.47 bits per heavy atom. The number of rotatable bonds is 0. The summed E-state index contributed by atoms with van der Waals surface area (Å²) >= 11 is 1.56. The smallest absolute Gasteiger partial charge is 0.0556 e. The van der Waals surface area contributed by atoms with Crippen LogP contribution in [0, 0.1) is 0 Å². The van der Waals surface area contributed by atoms with Crippen LogP contribution in [-0.4, -0.2) is 4.37 Å². The van der Waals surface area contributed by atoms with Crippen molar-refractivity contribution in [2.75, 3.05) is 0 Å². The van der Waals surface area contributed by atoms with E-state index in [9.17, 15) is 0 Å². The number of aromatic nitrogens is 1. The Morgan fingerprint density at radius 1 is 0.765 bits per heavy atom. The van der Waals surface area contributed by atoms with E-state index in [-0.39, 0.29) is 0 Å². The summed E-state index contributed by atoms with van der Waals surface area (Å²) in [6, 6.07) is 17.3. The molecule has 0 aliphatic heterocycles. The second-order valence-electron chi connectivity index (χ2n) is 4.22. The summed E-state index contributed by atoms with van der Waals surface area (Å²) in [4.78, 5) is 0. The van der Waals surface area contributed by atoms with Crippen molar-refractivity contribution in [3.63, 3.8) is 0 Å². The van der Waals surface area contributed by atoms with Gasteiger partial charge in [-0.25, -0.2) is 0 Å². The zero-order valence-electron chi connectivity index (χ0n) is 9.05. The summed E-state index contributed by atoms with van der Waals surface area (Å²) in [6.07, 6.45) is 1.97. The third-order valence-electron chi connectivity index (χ3n) is 3.22. The molecule has 1 heterocycles. The van der Waals surface area contributed by atoms with Crippen LogP contribution in [0.4, 0.5) is 0 Å². The molecule has 0 aliphatic carbocycles. The molecule has 0 atom stereocenters. The van der Waals surface area contributed by atoms with Gasteiger partial charge in [0.25, 0.3) is 0 Å². The number of nitrogens with zero attached hydrogens (tertiary/aromatic N) is 1. The predicted octanol–water partition coefficient (Wildman–Crippen LogP) is 4.60. The molecule has 0 unspecified atom stereocenters. The summed E-state index contributed by atoms with van der Waals surface area (Å²) in [6.45, 7) is 0. The largest absolute Gasteiger partial charge is 0.200 e. The fraction of sp³-hybridized carbons (Fsp3) is 0. The van der Waals surface area contributed by atoms with E-state index < -0.39 is 0 Å². The van der Waals surface area contributed by atoms with Crippen LogP contribution in [0.2, 0.25) is 0 Å². The summed E-state index contributed by atoms with van der Waals surface area (Å²) in [5, 5.41) is 6.44. The van der Waals surface area contributed by atoms with Crippen LogP contribution in [0.25, 0.3) is 31.6 Å². The van der Waals surface area contributed by atoms with Crippen molar-refractivity contribution in [1.82, 2.24) is 4.37 Å². The van der Waals surface area contributed by atoms with E-state index in [2.05, 4.69) is 52.9 Å². The van der Waals surface area contributed by atoms with Gasteiger partial charge >= 0.3 is 0 Å². The monoisotopic (exact) mass is 235 g/mol. The molecule has 17 heavy (non-hydrogen) atoms. The molecule has 3 aromatic carbocycles. The minimum atomic E-state index is 1.26. The Bertz CT molecular complexity index is 845. The minimum Gasteiger partial charge on any atom is -0.200 e. The molecule has 80 valence electrons. The van der Waals surface area contributed by atoms with Crippen LogP contribution in [0.3, 0.4) is 0 Å². The van der Waals surface area contributed by atoms with Gasteiger partial charge in [0.05, 0.1) is 4.70 Å². The molecule has 2 heteroatoms. The Kier molecular flexibility index (Phi) is 1.76. The topological polar surface area (TPSA) is 12.9 Å². The van der Waals surface area contributed by atoms with Gasteiger partial charge in [0.2, 0.25) is 0 Å². The van der Waals surface area contributed by atoms with Gasteiger partial charge in [0.1, 0.15) is 0 Å². The lowest BCUT2D eigenvalue weighted by Crippen LogP contribution is -1.76. The van der Waals surface area contributed by atoms with E-state index in [4.69, 9.17) is 0 Å². The number of fused-ring (bicyclic) bond motifs is 4. The molecule has 0 fully saturated rings. The Morgan fingerprint density at radius 2 is 1.59 bits per heavy atom. The average Bonchev–Trinajstić information content (AvgIpc) is 2.85. The van der Waals surface area contributed by atoms with Crippen LogP contribution < -0.4 is 0 Å². The maximum Gasteiger partial charge on any atom is 0.0556 e. The molecule has 1 nitrogen and oxygen atoms in total. The van der Waals surface area contributed by atoms with Gasteiger partial charge in [0.15, 0.2) is 0 Å². The first kappa shape index (κ1) is 9.14. The molecular weight excluding hydrogens is 226 g/mol. The lowest BCUT2D eigenvalue weighted by molar-refractivity contribution is 1.61. The van der Waals surface area contributed by atoms with Gasteiger partial charge in [-0.2, -0.15) is 4.37 Å². The van der Waals surface area contributed by atoms with Gasteiger partial charge < -0.3 is 0 Å². The summed E-state index contributed by atoms with van der Waals surface area (Å²) < 4.78 is 5.53. The highest BCUT2D eigenvalue weighted by Crippen LogP contribution is 2.30. The number of hydrogen-bond donors (Lipinski definition) is 0. The predicted molar refractivity (Wildman–Crippen MR) is 74.6 cm³/mol. The number of hydrogen-bond acceptors (Lipinski definition) is 2. The van der Waals surface area contributed by atoms with Gasteiger partial charge in [-0.15, -0.1) is 0 Å². The number of benzene rings is 3. The maximum atomic E-state index is 4.27. The van der Waals surface area contributed by atoms with Crippen LogP contribution in [0.1, 0.15) is 0 Å². The van der Waals surface area contributed by atoms with E-state index in [0.29, 0.717) is 0 Å². The summed E-state index contributed by atoms with van der Waals surface area (Å²) in [5.41, 5.74) is 0. The van der Waals surface area contributed by atoms with Crippen molar-refractivity contribution in [2.45, 2.75) is 0 Å². The van der Waals surface area contributed by atoms with Crippen LogP contribution in [0.15, 0.2) is 54.7 Å². The van der Waals surface area contributed by atoms with Crippen molar-refractivity contribution < 1.29 is 0 Å². The standard InChI is InChI=1S/C15H9NS/c1-2-4-11-8-13-12(7-10(11)3-1)5-6-15-14(13)9-16-17-15/h1-9H. The summed E-state index contributed by atoms with van der Waals surface area (Å²) in [7, 11) is 0. The highest BCUT2D eigenvalue weighted by molar-refractivity contribution is 7.13. The van der Waals surface area contributed by atoms with Crippen LogP contribution in [0.5, 0.6) is 0 Å². The molecule has 0 saturated heterocycles. The molecule has 1 aromatic heterocycles. The highest BCUT2D eigenvalue weighted by Gasteiger charge is 2.03. The van der Waals surface area contributed by atoms with Crippen LogP contribution >= 0.6 is 11.5 Å². The fourth-order valence-corrected chi connectivity index (χ4v) is 3.03. The highest BCUT2D eigenvalue weighted by atomic mass is 32.1. The van der Waals surface area contributed by atoms with E-state index in [1.165, 1.54) is 31.6 Å². The lowest BCUT2D eigenvalue weighted by Gasteiger charge is -2.02. The van der Waals surface area contributed by atoms with E-state index in [1.807, 2.05) is 6.20 Å². The molecular formula is C15H9NS. The molecule has 0 amide bonds. The SMILES string of the molecule is c1ccc2cc3c(ccc4sncc43)cc2c1. The Labute approximate surface area is 102 Å². The zero-order valence-corrected chi connectivity index (χ0v) is 9.87. The summed E-state index contributed by atoms with van der Waals surface area (Å²) in [5.74, 6) is 0. The Hall–Kier alpha value is -1.93. The first-order valence-electron chi connectivity index (χ1n) is 5.58. The normalized spacial score (nSPS) is 11.5. The molecule has 4 rings (SSSR count). The Balaban J connectivity index is 2.29. The second kappa shape index (κ2) is 3.28. The van der Waals surface area contributed by atoms with Crippen molar-refractivity contribution in [3.05, 3.63) is 54.7 Å². The minimum absolute atomic E-state index is 1.26. The van der Waals surface area contributed by atoms with E-state index in [0.717, 1.165) is 0 Å². The van der Waals surface area contributed by atoms with Gasteiger partial charge in [-0.1, -0.05) is 30.3 Å². The third kappa shape index (κ3) is 1.28. The molecule has 0 spiro atoms. The first-order valence-corrected chi connectivity index (χ1v) is 6.35. The molecule has 0 bridgehead atoms. The van der Waals surface area contributed by atoms with E-state index >= 15 is 0 Å². The van der Waals surface area contributed by atoms with Crippen LogP contribution in [-0.2, 0) is 0 Å². The van der Waals surface area contributed by atoms with E-state index in [1.54, 1.807) is 11.5 Å². The maximum absolute atomic E-state index is 4.27. The average molecular weight is 235 g/mol. The van der Waals surface area contributed by atoms with Crippen molar-refractivity contribution >= 4 is 43.2 Å². The van der Waals surface area contributed by atoms with Gasteiger partial charge in [0, 0.05) is 11.6 Å². The van der Waals surface area contributed by atoms with Crippen molar-refractivity contribution in [2.24, 2.45) is 0 Å². The lowest BCUT2D eigenvalue weighted by atomic mass is 10.0. The van der Waals surface area contributed by atoms with Crippen molar-refractivity contribution in [3.8, 4) is 0 Å². The first-order chi connectivity index (χ1) is 8.42. The third-order valence-corrected chi connectivity index (χ3v) is 3.98. The second-order valence-corrected chi connectivity index (χ2v) is 5.06. The fourth-order valence-electron chi connectivity index (χ4n) is 2.37. The molecule has 0 radical (unpaired) electrons. The molecule has 0 saturated carbocycles. The molecule has 0 aliphatic rings. The van der Waals surface area contributed by atoms with Gasteiger partial charge in [-0.3, -0.25) is 0 Å².